The third-order valence-electron chi connectivity index (χ3n) is 2.64. The maximum absolute atomic E-state index is 12.2. The molecule has 7 heteroatoms. The minimum absolute atomic E-state index is 0.153. The molecule has 0 aliphatic heterocycles. The highest BCUT2D eigenvalue weighted by Gasteiger charge is 2.17. The summed E-state index contributed by atoms with van der Waals surface area (Å²) in [6, 6.07) is 6.39. The Hall–Kier alpha value is -2.34. The van der Waals surface area contributed by atoms with Gasteiger partial charge in [0.25, 0.3) is 5.91 Å². The Morgan fingerprint density at radius 3 is 2.80 bits per heavy atom. The average molecular weight is 294 g/mol. The molecule has 0 saturated heterocycles. The van der Waals surface area contributed by atoms with E-state index in [2.05, 4.69) is 10.3 Å². The molecule has 0 spiro atoms. The Kier molecular flexibility index (Phi) is 4.05. The molecule has 0 bridgehead atoms. The molecule has 20 heavy (non-hydrogen) atoms. The molecule has 104 valence electrons. The van der Waals surface area contributed by atoms with Gasteiger partial charge in [0.15, 0.2) is 0 Å². The van der Waals surface area contributed by atoms with Crippen LogP contribution < -0.4 is 15.7 Å². The van der Waals surface area contributed by atoms with Crippen molar-refractivity contribution in [2.75, 3.05) is 12.4 Å². The minimum atomic E-state index is -0.492. The zero-order valence-electron chi connectivity index (χ0n) is 10.9. The van der Waals surface area contributed by atoms with E-state index in [0.717, 1.165) is 0 Å². The molecule has 1 heterocycles. The Morgan fingerprint density at radius 1 is 1.40 bits per heavy atom. The summed E-state index contributed by atoms with van der Waals surface area (Å²) >= 11 is 6.00. The molecule has 1 N–H and O–H groups in total. The molecule has 0 atom stereocenters. The van der Waals surface area contributed by atoms with Crippen LogP contribution >= 0.6 is 11.6 Å². The fourth-order valence-corrected chi connectivity index (χ4v) is 1.86. The first-order valence-electron chi connectivity index (χ1n) is 5.70. The topological polar surface area (TPSA) is 73.2 Å². The standard InChI is InChI=1S/C13H12ClN3O3/c1-17-7-6-10(16-13(17)19)15-12(18)11-8(14)4-3-5-9(11)20-2/h3-7H,1-2H3,(H,15,16,18,19). The molecule has 0 aliphatic carbocycles. The number of benzene rings is 1. The van der Waals surface area contributed by atoms with Gasteiger partial charge in [-0.15, -0.1) is 0 Å². The Bertz CT molecular complexity index is 712. The largest absolute Gasteiger partial charge is 0.496 e. The van der Waals surface area contributed by atoms with Gasteiger partial charge in [0, 0.05) is 13.2 Å². The highest BCUT2D eigenvalue weighted by molar-refractivity contribution is 6.34. The summed E-state index contributed by atoms with van der Waals surface area (Å²) in [7, 11) is 3.01. The van der Waals surface area contributed by atoms with Crippen LogP contribution in [0.25, 0.3) is 0 Å². The number of hydrogen-bond acceptors (Lipinski definition) is 4. The van der Waals surface area contributed by atoms with Crippen LogP contribution in [-0.2, 0) is 7.05 Å². The van der Waals surface area contributed by atoms with Crippen molar-refractivity contribution in [3.05, 3.63) is 51.5 Å². The molecule has 6 nitrogen and oxygen atoms in total. The van der Waals surface area contributed by atoms with Crippen molar-refractivity contribution < 1.29 is 9.53 Å². The van der Waals surface area contributed by atoms with E-state index in [0.29, 0.717) is 5.75 Å². The van der Waals surface area contributed by atoms with Gasteiger partial charge in [-0.2, -0.15) is 4.98 Å². The number of anilines is 1. The summed E-state index contributed by atoms with van der Waals surface area (Å²) in [5.74, 6) is 0.00658. The zero-order valence-corrected chi connectivity index (χ0v) is 11.6. The molecular weight excluding hydrogens is 282 g/mol. The van der Waals surface area contributed by atoms with E-state index in [4.69, 9.17) is 16.3 Å². The van der Waals surface area contributed by atoms with Crippen molar-refractivity contribution in [3.63, 3.8) is 0 Å². The van der Waals surface area contributed by atoms with Gasteiger partial charge in [0.1, 0.15) is 17.1 Å². The summed E-state index contributed by atoms with van der Waals surface area (Å²) in [6.45, 7) is 0. The molecule has 2 aromatic rings. The van der Waals surface area contributed by atoms with Gasteiger partial charge in [0.2, 0.25) is 0 Å². The van der Waals surface area contributed by atoms with Gasteiger partial charge in [-0.1, -0.05) is 17.7 Å². The predicted octanol–water partition coefficient (Wildman–Crippen LogP) is 1.69. The SMILES string of the molecule is COc1cccc(Cl)c1C(=O)Nc1ccn(C)c(=O)n1. The predicted molar refractivity (Wildman–Crippen MR) is 75.4 cm³/mol. The molecule has 0 fully saturated rings. The van der Waals surface area contributed by atoms with E-state index in [1.807, 2.05) is 0 Å². The van der Waals surface area contributed by atoms with Crippen molar-refractivity contribution in [2.24, 2.45) is 7.05 Å². The van der Waals surface area contributed by atoms with Crippen LogP contribution in [0, 0.1) is 0 Å². The second-order valence-corrected chi connectivity index (χ2v) is 4.38. The number of carbonyl (C=O) groups excluding carboxylic acids is 1. The Balaban J connectivity index is 2.33. The molecule has 0 saturated carbocycles. The van der Waals surface area contributed by atoms with Gasteiger partial charge >= 0.3 is 5.69 Å². The Morgan fingerprint density at radius 2 is 2.15 bits per heavy atom. The van der Waals surface area contributed by atoms with Crippen LogP contribution in [0.3, 0.4) is 0 Å². The van der Waals surface area contributed by atoms with E-state index in [1.54, 1.807) is 25.2 Å². The van der Waals surface area contributed by atoms with Crippen molar-refractivity contribution in [3.8, 4) is 5.75 Å². The number of carbonyl (C=O) groups is 1. The van der Waals surface area contributed by atoms with Gasteiger partial charge in [-0.3, -0.25) is 4.79 Å². The normalized spacial score (nSPS) is 10.2. The van der Waals surface area contributed by atoms with Gasteiger partial charge in [0.05, 0.1) is 12.1 Å². The number of methoxy groups -OCH3 is 1. The average Bonchev–Trinajstić information content (AvgIpc) is 2.42. The second-order valence-electron chi connectivity index (χ2n) is 3.98. The van der Waals surface area contributed by atoms with Crippen LogP contribution in [0.5, 0.6) is 5.75 Å². The van der Waals surface area contributed by atoms with E-state index in [9.17, 15) is 9.59 Å². The first-order valence-corrected chi connectivity index (χ1v) is 6.08. The second kappa shape index (κ2) is 5.75. The highest BCUT2D eigenvalue weighted by Crippen LogP contribution is 2.26. The summed E-state index contributed by atoms with van der Waals surface area (Å²) in [4.78, 5) is 27.3. The number of halogens is 1. The van der Waals surface area contributed by atoms with E-state index >= 15 is 0 Å². The fraction of sp³-hybridized carbons (Fsp3) is 0.154. The zero-order chi connectivity index (χ0) is 14.7. The fourth-order valence-electron chi connectivity index (χ4n) is 1.61. The molecule has 1 amide bonds. The lowest BCUT2D eigenvalue weighted by molar-refractivity contribution is 0.102. The molecule has 1 aromatic heterocycles. The number of nitrogens with zero attached hydrogens (tertiary/aromatic N) is 2. The lowest BCUT2D eigenvalue weighted by Crippen LogP contribution is -2.22. The van der Waals surface area contributed by atoms with Crippen LogP contribution in [-0.4, -0.2) is 22.6 Å². The number of aromatic nitrogens is 2. The molecule has 0 unspecified atom stereocenters. The molecule has 2 rings (SSSR count). The molecule has 0 aliphatic rings. The summed E-state index contributed by atoms with van der Waals surface area (Å²) in [5, 5.41) is 2.77. The number of hydrogen-bond donors (Lipinski definition) is 1. The third-order valence-corrected chi connectivity index (χ3v) is 2.95. The van der Waals surface area contributed by atoms with Crippen molar-refractivity contribution in [1.29, 1.82) is 0 Å². The number of aryl methyl sites for hydroxylation is 1. The first kappa shape index (κ1) is 14.1. The minimum Gasteiger partial charge on any atom is -0.496 e. The van der Waals surface area contributed by atoms with Crippen molar-refractivity contribution in [2.45, 2.75) is 0 Å². The maximum Gasteiger partial charge on any atom is 0.349 e. The number of rotatable bonds is 3. The molecular formula is C13H12ClN3O3. The monoisotopic (exact) mass is 293 g/mol. The lowest BCUT2D eigenvalue weighted by Gasteiger charge is -2.10. The van der Waals surface area contributed by atoms with Crippen LogP contribution in [0.15, 0.2) is 35.3 Å². The number of ether oxygens (including phenoxy) is 1. The highest BCUT2D eigenvalue weighted by atomic mass is 35.5. The summed E-state index contributed by atoms with van der Waals surface area (Å²) in [6.07, 6.45) is 1.51. The summed E-state index contributed by atoms with van der Waals surface area (Å²) in [5.41, 5.74) is -0.270. The van der Waals surface area contributed by atoms with E-state index < -0.39 is 11.6 Å². The quantitative estimate of drug-likeness (QED) is 0.935. The third kappa shape index (κ3) is 2.80. The van der Waals surface area contributed by atoms with Crippen LogP contribution in [0.1, 0.15) is 10.4 Å². The van der Waals surface area contributed by atoms with Crippen LogP contribution in [0.2, 0.25) is 5.02 Å². The first-order chi connectivity index (χ1) is 9.52. The van der Waals surface area contributed by atoms with Crippen LogP contribution in [0.4, 0.5) is 5.82 Å². The van der Waals surface area contributed by atoms with Gasteiger partial charge < -0.3 is 14.6 Å². The molecule has 1 aromatic carbocycles. The van der Waals surface area contributed by atoms with E-state index in [1.165, 1.54) is 23.9 Å². The Labute approximate surface area is 120 Å². The lowest BCUT2D eigenvalue weighted by atomic mass is 10.2. The van der Waals surface area contributed by atoms with E-state index in [-0.39, 0.29) is 16.4 Å². The maximum atomic E-state index is 12.2. The number of nitrogens with one attached hydrogen (secondary N) is 1. The number of amides is 1. The van der Waals surface area contributed by atoms with Gasteiger partial charge in [-0.05, 0) is 18.2 Å². The smallest absolute Gasteiger partial charge is 0.349 e. The van der Waals surface area contributed by atoms with Crippen molar-refractivity contribution in [1.82, 2.24) is 9.55 Å². The van der Waals surface area contributed by atoms with Crippen molar-refractivity contribution >= 4 is 23.3 Å². The van der Waals surface area contributed by atoms with Gasteiger partial charge in [-0.25, -0.2) is 4.79 Å². The summed E-state index contributed by atoms with van der Waals surface area (Å²) < 4.78 is 6.39. The molecule has 0 radical (unpaired) electrons.